The monoisotopic (exact) mass is 557 g/mol. The molecule has 2 aliphatic rings. The predicted molar refractivity (Wildman–Crippen MR) is 153 cm³/mol. The number of hydrogen-bond donors (Lipinski definition) is 1. The number of piperidine rings is 1. The van der Waals surface area contributed by atoms with E-state index in [-0.39, 0.29) is 41.4 Å². The van der Waals surface area contributed by atoms with E-state index in [2.05, 4.69) is 22.1 Å². The minimum absolute atomic E-state index is 0.0354. The fourth-order valence-corrected chi connectivity index (χ4v) is 6.25. The van der Waals surface area contributed by atoms with Gasteiger partial charge in [-0.2, -0.15) is 0 Å². The SMILES string of the molecule is Cc1cc(Cl)nc(C)c1C(=O)NCCC(C)N1CCC(N2C(=O)N(C(C)(C)C)CC2c2cccc(F)c2)CC1. The molecule has 2 unspecified atom stereocenters. The van der Waals surface area contributed by atoms with E-state index in [1.807, 2.05) is 43.6 Å². The van der Waals surface area contributed by atoms with Crippen LogP contribution in [-0.4, -0.2) is 75.4 Å². The third-order valence-corrected chi connectivity index (χ3v) is 8.34. The molecular formula is C30H41ClFN5O2. The minimum Gasteiger partial charge on any atom is -0.352 e. The van der Waals surface area contributed by atoms with Gasteiger partial charge in [0.1, 0.15) is 11.0 Å². The van der Waals surface area contributed by atoms with Gasteiger partial charge in [-0.15, -0.1) is 0 Å². The number of rotatable bonds is 7. The zero-order valence-corrected chi connectivity index (χ0v) is 24.7. The number of pyridine rings is 1. The van der Waals surface area contributed by atoms with Crippen LogP contribution in [0.3, 0.4) is 0 Å². The van der Waals surface area contributed by atoms with Gasteiger partial charge in [0, 0.05) is 43.8 Å². The summed E-state index contributed by atoms with van der Waals surface area (Å²) in [6.07, 6.45) is 2.55. The molecule has 0 saturated carbocycles. The molecule has 0 bridgehead atoms. The second kappa shape index (κ2) is 11.8. The van der Waals surface area contributed by atoms with E-state index in [0.29, 0.717) is 29.5 Å². The number of nitrogens with zero attached hydrogens (tertiary/aromatic N) is 4. The van der Waals surface area contributed by atoms with Gasteiger partial charge in [-0.25, -0.2) is 14.2 Å². The third-order valence-electron chi connectivity index (χ3n) is 8.14. The van der Waals surface area contributed by atoms with E-state index in [4.69, 9.17) is 11.6 Å². The number of benzene rings is 1. The molecule has 9 heteroatoms. The molecule has 3 amide bonds. The molecule has 3 heterocycles. The van der Waals surface area contributed by atoms with E-state index < -0.39 is 0 Å². The lowest BCUT2D eigenvalue weighted by Crippen LogP contribution is -2.51. The summed E-state index contributed by atoms with van der Waals surface area (Å²) in [6.45, 7) is 14.9. The average molecular weight is 558 g/mol. The molecule has 212 valence electrons. The zero-order valence-electron chi connectivity index (χ0n) is 23.9. The van der Waals surface area contributed by atoms with Crippen molar-refractivity contribution in [2.24, 2.45) is 0 Å². The van der Waals surface area contributed by atoms with Crippen molar-refractivity contribution in [1.29, 1.82) is 0 Å². The maximum Gasteiger partial charge on any atom is 0.321 e. The van der Waals surface area contributed by atoms with Crippen molar-refractivity contribution in [3.8, 4) is 0 Å². The minimum atomic E-state index is -0.309. The summed E-state index contributed by atoms with van der Waals surface area (Å²) in [5.74, 6) is -0.401. The van der Waals surface area contributed by atoms with Gasteiger partial charge in [-0.3, -0.25) is 4.79 Å². The lowest BCUT2D eigenvalue weighted by atomic mass is 9.97. The highest BCUT2D eigenvalue weighted by molar-refractivity contribution is 6.29. The first kappa shape index (κ1) is 29.3. The van der Waals surface area contributed by atoms with Gasteiger partial charge in [-0.1, -0.05) is 23.7 Å². The van der Waals surface area contributed by atoms with E-state index in [0.717, 1.165) is 43.5 Å². The normalized spacial score (nSPS) is 20.0. The fraction of sp³-hybridized carbons (Fsp3) is 0.567. The summed E-state index contributed by atoms with van der Waals surface area (Å²) in [6, 6.07) is 8.63. The van der Waals surface area contributed by atoms with Crippen molar-refractivity contribution in [3.63, 3.8) is 0 Å². The Morgan fingerprint density at radius 1 is 1.21 bits per heavy atom. The van der Waals surface area contributed by atoms with Crippen molar-refractivity contribution >= 4 is 23.5 Å². The quantitative estimate of drug-likeness (QED) is 0.441. The lowest BCUT2D eigenvalue weighted by molar-refractivity contribution is 0.0872. The molecular weight excluding hydrogens is 517 g/mol. The molecule has 0 spiro atoms. The highest BCUT2D eigenvalue weighted by Gasteiger charge is 2.46. The van der Waals surface area contributed by atoms with Gasteiger partial charge >= 0.3 is 6.03 Å². The smallest absolute Gasteiger partial charge is 0.321 e. The van der Waals surface area contributed by atoms with Crippen LogP contribution in [0.4, 0.5) is 9.18 Å². The summed E-state index contributed by atoms with van der Waals surface area (Å²) in [5, 5.41) is 3.43. The number of halogens is 2. The standard InChI is InChI=1S/C30H41ClFN5O2/c1-19-16-26(31)34-21(3)27(19)28(38)33-13-10-20(2)35-14-11-24(12-15-35)37-25(22-8-7-9-23(32)17-22)18-36(29(37)39)30(4,5)6/h7-9,16-17,20,24-25H,10-15,18H2,1-6H3,(H,33,38). The first-order valence-corrected chi connectivity index (χ1v) is 14.3. The Balaban J connectivity index is 1.35. The molecule has 2 saturated heterocycles. The number of likely N-dealkylation sites (tertiary alicyclic amines) is 1. The molecule has 4 rings (SSSR count). The Hall–Kier alpha value is -2.71. The van der Waals surface area contributed by atoms with Crippen molar-refractivity contribution < 1.29 is 14.0 Å². The van der Waals surface area contributed by atoms with Crippen LogP contribution in [0.5, 0.6) is 0 Å². The summed E-state index contributed by atoms with van der Waals surface area (Å²) in [5.41, 5.74) is 2.57. The number of amides is 3. The number of urea groups is 1. The highest BCUT2D eigenvalue weighted by Crippen LogP contribution is 2.38. The van der Waals surface area contributed by atoms with Crippen LogP contribution in [0, 0.1) is 19.7 Å². The molecule has 39 heavy (non-hydrogen) atoms. The molecule has 2 aromatic rings. The Morgan fingerprint density at radius 2 is 1.90 bits per heavy atom. The number of carbonyl (C=O) groups is 2. The highest BCUT2D eigenvalue weighted by atomic mass is 35.5. The van der Waals surface area contributed by atoms with Crippen molar-refractivity contribution in [3.05, 3.63) is 63.7 Å². The number of aryl methyl sites for hydroxylation is 2. The second-order valence-electron chi connectivity index (χ2n) is 11.9. The van der Waals surface area contributed by atoms with Gasteiger partial charge in [-0.05, 0) is 90.1 Å². The van der Waals surface area contributed by atoms with Crippen LogP contribution < -0.4 is 5.32 Å². The van der Waals surface area contributed by atoms with E-state index >= 15 is 0 Å². The molecule has 1 aromatic heterocycles. The molecule has 7 nitrogen and oxygen atoms in total. The Labute approximate surface area is 236 Å². The fourth-order valence-electron chi connectivity index (χ4n) is 5.96. The summed E-state index contributed by atoms with van der Waals surface area (Å²) >= 11 is 6.00. The van der Waals surface area contributed by atoms with E-state index in [9.17, 15) is 14.0 Å². The van der Waals surface area contributed by atoms with Crippen LogP contribution in [0.25, 0.3) is 0 Å². The summed E-state index contributed by atoms with van der Waals surface area (Å²) in [7, 11) is 0. The van der Waals surface area contributed by atoms with Crippen molar-refractivity contribution in [1.82, 2.24) is 25.0 Å². The molecule has 2 aliphatic heterocycles. The molecule has 2 atom stereocenters. The van der Waals surface area contributed by atoms with Crippen LogP contribution >= 0.6 is 11.6 Å². The predicted octanol–water partition coefficient (Wildman–Crippen LogP) is 5.74. The Morgan fingerprint density at radius 3 is 2.51 bits per heavy atom. The first-order chi connectivity index (χ1) is 18.4. The molecule has 1 N–H and O–H groups in total. The molecule has 0 radical (unpaired) electrons. The number of aromatic nitrogens is 1. The molecule has 0 aliphatic carbocycles. The Bertz CT molecular complexity index is 1190. The van der Waals surface area contributed by atoms with Crippen LogP contribution in [0.2, 0.25) is 5.15 Å². The number of nitrogens with one attached hydrogen (secondary N) is 1. The largest absolute Gasteiger partial charge is 0.352 e. The number of hydrogen-bond acceptors (Lipinski definition) is 4. The van der Waals surface area contributed by atoms with Crippen LogP contribution in [-0.2, 0) is 0 Å². The van der Waals surface area contributed by atoms with Crippen LogP contribution in [0.15, 0.2) is 30.3 Å². The molecule has 2 fully saturated rings. The molecule has 1 aromatic carbocycles. The van der Waals surface area contributed by atoms with E-state index in [1.54, 1.807) is 25.1 Å². The van der Waals surface area contributed by atoms with E-state index in [1.165, 1.54) is 6.07 Å². The second-order valence-corrected chi connectivity index (χ2v) is 12.3. The Kier molecular flexibility index (Phi) is 8.86. The summed E-state index contributed by atoms with van der Waals surface area (Å²) in [4.78, 5) is 37.0. The third kappa shape index (κ3) is 6.55. The van der Waals surface area contributed by atoms with Gasteiger partial charge in [0.05, 0.1) is 17.3 Å². The van der Waals surface area contributed by atoms with Gasteiger partial charge < -0.3 is 20.0 Å². The summed E-state index contributed by atoms with van der Waals surface area (Å²) < 4.78 is 14.1. The topological polar surface area (TPSA) is 68.8 Å². The van der Waals surface area contributed by atoms with Gasteiger partial charge in [0.2, 0.25) is 0 Å². The average Bonchev–Trinajstić information content (AvgIpc) is 3.21. The first-order valence-electron chi connectivity index (χ1n) is 13.9. The van der Waals surface area contributed by atoms with Gasteiger partial charge in [0.15, 0.2) is 0 Å². The lowest BCUT2D eigenvalue weighted by Gasteiger charge is -2.41. The maximum absolute atomic E-state index is 14.1. The zero-order chi connectivity index (χ0) is 28.5. The van der Waals surface area contributed by atoms with Gasteiger partial charge in [0.25, 0.3) is 5.91 Å². The number of carbonyl (C=O) groups excluding carboxylic acids is 2. The van der Waals surface area contributed by atoms with Crippen molar-refractivity contribution in [2.45, 2.75) is 84.5 Å². The van der Waals surface area contributed by atoms with Crippen LogP contribution in [0.1, 0.15) is 80.2 Å². The van der Waals surface area contributed by atoms with Crippen molar-refractivity contribution in [2.75, 3.05) is 26.2 Å². The maximum atomic E-state index is 14.1.